The fourth-order valence-corrected chi connectivity index (χ4v) is 2.44. The summed E-state index contributed by atoms with van der Waals surface area (Å²) in [4.78, 5) is 26.1. The van der Waals surface area contributed by atoms with Crippen molar-refractivity contribution < 1.29 is 14.3 Å². The highest BCUT2D eigenvalue weighted by atomic mass is 35.5. The predicted molar refractivity (Wildman–Crippen MR) is 97.8 cm³/mol. The minimum atomic E-state index is -0.412. The van der Waals surface area contributed by atoms with Crippen molar-refractivity contribution in [2.75, 3.05) is 19.7 Å². The van der Waals surface area contributed by atoms with Crippen LogP contribution in [-0.2, 0) is 14.3 Å². The zero-order valence-electron chi connectivity index (χ0n) is 14.9. The van der Waals surface area contributed by atoms with Crippen LogP contribution in [0.25, 0.3) is 0 Å². The number of esters is 1. The van der Waals surface area contributed by atoms with Crippen LogP contribution < -0.4 is 5.73 Å². The van der Waals surface area contributed by atoms with Crippen molar-refractivity contribution in [1.29, 1.82) is 0 Å². The molecule has 1 amide bonds. The quantitative estimate of drug-likeness (QED) is 0.727. The largest absolute Gasteiger partial charge is 0.465 e. The summed E-state index contributed by atoms with van der Waals surface area (Å²) in [5.41, 5.74) is 7.14. The Morgan fingerprint density at radius 2 is 1.75 bits per heavy atom. The lowest BCUT2D eigenvalue weighted by atomic mass is 9.94. The molecule has 2 N–H and O–H groups in total. The van der Waals surface area contributed by atoms with E-state index in [4.69, 9.17) is 10.5 Å². The van der Waals surface area contributed by atoms with Gasteiger partial charge in [0, 0.05) is 12.6 Å². The molecular formula is C18H29ClN2O3. The number of nitrogens with zero attached hydrogens (tertiary/aromatic N) is 1. The maximum absolute atomic E-state index is 12.8. The molecule has 5 nitrogen and oxygen atoms in total. The van der Waals surface area contributed by atoms with Crippen LogP contribution in [0.15, 0.2) is 30.3 Å². The molecule has 0 aliphatic rings. The van der Waals surface area contributed by atoms with Gasteiger partial charge in [-0.2, -0.15) is 0 Å². The molecule has 6 heteroatoms. The van der Waals surface area contributed by atoms with E-state index in [2.05, 4.69) is 0 Å². The lowest BCUT2D eigenvalue weighted by Crippen LogP contribution is -2.44. The fourth-order valence-electron chi connectivity index (χ4n) is 2.44. The number of amides is 1. The molecule has 0 bridgehead atoms. The summed E-state index contributed by atoms with van der Waals surface area (Å²) < 4.78 is 4.96. The molecule has 0 aliphatic carbocycles. The third kappa shape index (κ3) is 6.89. The number of hydrogen-bond acceptors (Lipinski definition) is 4. The zero-order valence-corrected chi connectivity index (χ0v) is 15.7. The molecule has 0 saturated heterocycles. The standard InChI is InChI=1S/C18H28N2O3.ClH/c1-5-23-16(21)12-20(11-13(2)3)18(22)14(4)17(19)15-9-7-6-8-10-15;/h6-10,13-14,17H,5,11-12,19H2,1-4H3;1H. The number of rotatable bonds is 8. The van der Waals surface area contributed by atoms with E-state index in [-0.39, 0.29) is 36.7 Å². The van der Waals surface area contributed by atoms with Crippen molar-refractivity contribution in [3.8, 4) is 0 Å². The first kappa shape index (κ1) is 22.4. The number of carbonyl (C=O) groups is 2. The maximum Gasteiger partial charge on any atom is 0.325 e. The van der Waals surface area contributed by atoms with Gasteiger partial charge in [0.25, 0.3) is 0 Å². The molecule has 2 unspecified atom stereocenters. The summed E-state index contributed by atoms with van der Waals surface area (Å²) >= 11 is 0. The number of nitrogens with two attached hydrogens (primary N) is 1. The topological polar surface area (TPSA) is 72.6 Å². The molecule has 136 valence electrons. The second kappa shape index (κ2) is 11.0. The SMILES string of the molecule is CCOC(=O)CN(CC(C)C)C(=O)C(C)C(N)c1ccccc1.Cl. The van der Waals surface area contributed by atoms with Crippen LogP contribution in [0.4, 0.5) is 0 Å². The molecule has 0 radical (unpaired) electrons. The highest BCUT2D eigenvalue weighted by molar-refractivity contribution is 5.85. The van der Waals surface area contributed by atoms with E-state index in [9.17, 15) is 9.59 Å². The lowest BCUT2D eigenvalue weighted by Gasteiger charge is -2.29. The second-order valence-corrected chi connectivity index (χ2v) is 6.14. The molecule has 24 heavy (non-hydrogen) atoms. The zero-order chi connectivity index (χ0) is 17.4. The second-order valence-electron chi connectivity index (χ2n) is 6.14. The number of ether oxygens (including phenoxy) is 1. The molecule has 0 fully saturated rings. The summed E-state index contributed by atoms with van der Waals surface area (Å²) in [6.45, 7) is 8.35. The van der Waals surface area contributed by atoms with E-state index >= 15 is 0 Å². The molecule has 2 atom stereocenters. The predicted octanol–water partition coefficient (Wildman–Crippen LogP) is 2.79. The summed E-state index contributed by atoms with van der Waals surface area (Å²) in [6.07, 6.45) is 0. The highest BCUT2D eigenvalue weighted by Crippen LogP contribution is 2.21. The third-order valence-electron chi connectivity index (χ3n) is 3.64. The molecule has 0 aromatic heterocycles. The van der Waals surface area contributed by atoms with Crippen molar-refractivity contribution in [3.05, 3.63) is 35.9 Å². The van der Waals surface area contributed by atoms with Crippen molar-refractivity contribution in [2.45, 2.75) is 33.7 Å². The van der Waals surface area contributed by atoms with Gasteiger partial charge >= 0.3 is 5.97 Å². The normalized spacial score (nSPS) is 12.9. The summed E-state index contributed by atoms with van der Waals surface area (Å²) in [5.74, 6) is -0.663. The Morgan fingerprint density at radius 1 is 1.17 bits per heavy atom. The van der Waals surface area contributed by atoms with E-state index in [1.165, 1.54) is 0 Å². The van der Waals surface area contributed by atoms with E-state index in [0.29, 0.717) is 13.2 Å². The van der Waals surface area contributed by atoms with Gasteiger partial charge in [0.05, 0.1) is 12.5 Å². The van der Waals surface area contributed by atoms with Crippen molar-refractivity contribution >= 4 is 24.3 Å². The average Bonchev–Trinajstić information content (AvgIpc) is 2.52. The molecule has 0 heterocycles. The van der Waals surface area contributed by atoms with Crippen LogP contribution in [0.3, 0.4) is 0 Å². The van der Waals surface area contributed by atoms with E-state index in [1.807, 2.05) is 44.2 Å². The Balaban J connectivity index is 0.00000529. The Labute approximate surface area is 151 Å². The average molecular weight is 357 g/mol. The summed E-state index contributed by atoms with van der Waals surface area (Å²) in [7, 11) is 0. The molecule has 0 spiro atoms. The summed E-state index contributed by atoms with van der Waals surface area (Å²) in [5, 5.41) is 0. The van der Waals surface area contributed by atoms with Crippen LogP contribution >= 0.6 is 12.4 Å². The monoisotopic (exact) mass is 356 g/mol. The smallest absolute Gasteiger partial charge is 0.325 e. The first-order chi connectivity index (χ1) is 10.9. The van der Waals surface area contributed by atoms with E-state index in [0.717, 1.165) is 5.56 Å². The van der Waals surface area contributed by atoms with Crippen LogP contribution in [0, 0.1) is 11.8 Å². The maximum atomic E-state index is 12.8. The van der Waals surface area contributed by atoms with Crippen LogP contribution in [0.1, 0.15) is 39.3 Å². The first-order valence-corrected chi connectivity index (χ1v) is 8.11. The Kier molecular flexibility index (Phi) is 10.3. The minimum absolute atomic E-state index is 0. The highest BCUT2D eigenvalue weighted by Gasteiger charge is 2.28. The molecule has 1 aromatic rings. The van der Waals surface area contributed by atoms with E-state index < -0.39 is 12.0 Å². The van der Waals surface area contributed by atoms with Gasteiger partial charge in [-0.05, 0) is 18.4 Å². The van der Waals surface area contributed by atoms with Gasteiger partial charge in [0.1, 0.15) is 6.54 Å². The van der Waals surface area contributed by atoms with Gasteiger partial charge in [0.15, 0.2) is 0 Å². The van der Waals surface area contributed by atoms with Gasteiger partial charge in [-0.15, -0.1) is 12.4 Å². The molecular weight excluding hydrogens is 328 g/mol. The van der Waals surface area contributed by atoms with Crippen molar-refractivity contribution in [2.24, 2.45) is 17.6 Å². The van der Waals surface area contributed by atoms with Crippen LogP contribution in [0.2, 0.25) is 0 Å². The Morgan fingerprint density at radius 3 is 2.25 bits per heavy atom. The molecule has 0 aliphatic heterocycles. The molecule has 1 rings (SSSR count). The van der Waals surface area contributed by atoms with Gasteiger partial charge < -0.3 is 15.4 Å². The van der Waals surface area contributed by atoms with Gasteiger partial charge in [-0.25, -0.2) is 0 Å². The number of carbonyl (C=O) groups excluding carboxylic acids is 2. The number of halogens is 1. The number of benzene rings is 1. The van der Waals surface area contributed by atoms with E-state index in [1.54, 1.807) is 18.7 Å². The lowest BCUT2D eigenvalue weighted by molar-refractivity contribution is -0.150. The molecule has 0 saturated carbocycles. The first-order valence-electron chi connectivity index (χ1n) is 8.11. The van der Waals surface area contributed by atoms with Gasteiger partial charge in [-0.3, -0.25) is 9.59 Å². The van der Waals surface area contributed by atoms with Crippen molar-refractivity contribution in [3.63, 3.8) is 0 Å². The molecule has 1 aromatic carbocycles. The fraction of sp³-hybridized carbons (Fsp3) is 0.556. The van der Waals surface area contributed by atoms with Crippen LogP contribution in [-0.4, -0.2) is 36.5 Å². The van der Waals surface area contributed by atoms with Gasteiger partial charge in [-0.1, -0.05) is 51.1 Å². The Bertz CT molecular complexity index is 508. The van der Waals surface area contributed by atoms with Crippen molar-refractivity contribution in [1.82, 2.24) is 4.90 Å². The number of hydrogen-bond donors (Lipinski definition) is 1. The Hall–Kier alpha value is -1.59. The summed E-state index contributed by atoms with van der Waals surface area (Å²) in [6, 6.07) is 9.13. The van der Waals surface area contributed by atoms with Gasteiger partial charge in [0.2, 0.25) is 5.91 Å². The third-order valence-corrected chi connectivity index (χ3v) is 3.64. The minimum Gasteiger partial charge on any atom is -0.465 e. The van der Waals surface area contributed by atoms with Crippen LogP contribution in [0.5, 0.6) is 0 Å².